The van der Waals surface area contributed by atoms with Crippen molar-refractivity contribution in [3.05, 3.63) is 36.3 Å². The van der Waals surface area contributed by atoms with Crippen LogP contribution in [-0.4, -0.2) is 54.2 Å². The average Bonchev–Trinajstić information content (AvgIpc) is 3.37. The molecule has 2 aliphatic heterocycles. The third-order valence-electron chi connectivity index (χ3n) is 7.14. The summed E-state index contributed by atoms with van der Waals surface area (Å²) < 4.78 is 14.0. The van der Waals surface area contributed by atoms with Gasteiger partial charge < -0.3 is 14.9 Å². The van der Waals surface area contributed by atoms with Crippen LogP contribution in [0.15, 0.2) is 30.5 Å². The van der Waals surface area contributed by atoms with Gasteiger partial charge in [-0.15, -0.1) is 0 Å². The minimum Gasteiger partial charge on any atom is -0.483 e. The van der Waals surface area contributed by atoms with Crippen LogP contribution >= 0.6 is 0 Å². The molecule has 2 bridgehead atoms. The molecule has 0 aromatic carbocycles. The third kappa shape index (κ3) is 4.07. The van der Waals surface area contributed by atoms with Gasteiger partial charge in [-0.3, -0.25) is 4.79 Å². The normalized spacial score (nSPS) is 33.9. The molecule has 2 aliphatic carbocycles. The Morgan fingerprint density at radius 2 is 1.89 bits per heavy atom. The van der Waals surface area contributed by atoms with Crippen LogP contribution in [0.1, 0.15) is 25.7 Å². The number of carbonyl (C=O) groups is 1. The molecule has 152 valence electrons. The van der Waals surface area contributed by atoms with Crippen LogP contribution in [-0.2, 0) is 4.79 Å². The second-order valence-electron chi connectivity index (χ2n) is 8.76. The van der Waals surface area contributed by atoms with Gasteiger partial charge >= 0.3 is 0 Å². The van der Waals surface area contributed by atoms with Crippen LogP contribution in [0.5, 0.6) is 0 Å². The van der Waals surface area contributed by atoms with E-state index in [9.17, 15) is 4.39 Å². The van der Waals surface area contributed by atoms with Crippen molar-refractivity contribution in [1.82, 2.24) is 9.88 Å². The van der Waals surface area contributed by atoms with Gasteiger partial charge in [0.25, 0.3) is 6.47 Å². The standard InChI is InChI=1S/C21H28FN3.CH2O2/c22-20-2-1-7-23-21(20)25-8-5-17-12-24(13-18(17)6-9-25)14-19-11-15-3-4-16(19)10-15;2-1-3/h1-4,7,15-19H,5-6,8-14H2;1H,(H,2,3)/t15?,16?,17-,18+,19?;. The fourth-order valence-electron chi connectivity index (χ4n) is 5.85. The number of anilines is 1. The zero-order valence-corrected chi connectivity index (χ0v) is 16.3. The van der Waals surface area contributed by atoms with Crippen LogP contribution < -0.4 is 4.90 Å². The second kappa shape index (κ2) is 8.60. The number of allylic oxidation sites excluding steroid dienone is 2. The van der Waals surface area contributed by atoms with Crippen molar-refractivity contribution in [2.45, 2.75) is 25.7 Å². The van der Waals surface area contributed by atoms with Crippen LogP contribution in [0, 0.1) is 35.4 Å². The van der Waals surface area contributed by atoms with Crippen molar-refractivity contribution >= 4 is 12.3 Å². The second-order valence-corrected chi connectivity index (χ2v) is 8.76. The smallest absolute Gasteiger partial charge is 0.290 e. The van der Waals surface area contributed by atoms with Crippen LogP contribution in [0.25, 0.3) is 0 Å². The Balaban J connectivity index is 0.000000604. The van der Waals surface area contributed by atoms with Gasteiger partial charge in [-0.2, -0.15) is 0 Å². The summed E-state index contributed by atoms with van der Waals surface area (Å²) >= 11 is 0. The number of aromatic nitrogens is 1. The highest BCUT2D eigenvalue weighted by Gasteiger charge is 2.40. The Kier molecular flexibility index (Phi) is 5.95. The first-order valence-corrected chi connectivity index (χ1v) is 10.5. The van der Waals surface area contributed by atoms with Crippen molar-refractivity contribution in [3.63, 3.8) is 0 Å². The zero-order chi connectivity index (χ0) is 19.5. The number of hydrogen-bond acceptors (Lipinski definition) is 4. The molecule has 0 radical (unpaired) electrons. The van der Waals surface area contributed by atoms with Gasteiger partial charge in [-0.25, -0.2) is 9.37 Å². The first kappa shape index (κ1) is 19.4. The molecule has 0 amide bonds. The van der Waals surface area contributed by atoms with Crippen molar-refractivity contribution in [2.75, 3.05) is 37.6 Å². The minimum absolute atomic E-state index is 0.180. The van der Waals surface area contributed by atoms with Gasteiger partial charge in [0.2, 0.25) is 0 Å². The molecule has 1 aromatic heterocycles. The number of hydrogen-bond donors (Lipinski definition) is 1. The summed E-state index contributed by atoms with van der Waals surface area (Å²) in [5.74, 6) is 4.57. The minimum atomic E-state index is -0.250. The lowest BCUT2D eigenvalue weighted by atomic mass is 9.92. The molecule has 5 nitrogen and oxygen atoms in total. The number of pyridine rings is 1. The van der Waals surface area contributed by atoms with Crippen LogP contribution in [0.4, 0.5) is 10.2 Å². The predicted molar refractivity (Wildman–Crippen MR) is 107 cm³/mol. The molecule has 1 aromatic rings. The highest BCUT2D eigenvalue weighted by molar-refractivity contribution is 5.39. The zero-order valence-electron chi connectivity index (χ0n) is 16.3. The van der Waals surface area contributed by atoms with E-state index < -0.39 is 0 Å². The number of carboxylic acid groups (broad SMARTS) is 1. The fraction of sp³-hybridized carbons (Fsp3) is 0.636. The monoisotopic (exact) mass is 387 g/mol. The Morgan fingerprint density at radius 3 is 2.46 bits per heavy atom. The summed E-state index contributed by atoms with van der Waals surface area (Å²) in [4.78, 5) is 17.5. The van der Waals surface area contributed by atoms with Crippen LogP contribution in [0.2, 0.25) is 0 Å². The van der Waals surface area contributed by atoms with Crippen molar-refractivity contribution in [2.24, 2.45) is 29.6 Å². The van der Waals surface area contributed by atoms with E-state index in [2.05, 4.69) is 26.9 Å². The Hall–Kier alpha value is -1.95. The number of halogens is 1. The lowest BCUT2D eigenvalue weighted by molar-refractivity contribution is -0.122. The van der Waals surface area contributed by atoms with Crippen LogP contribution in [0.3, 0.4) is 0 Å². The third-order valence-corrected chi connectivity index (χ3v) is 7.14. The predicted octanol–water partition coefficient (Wildman–Crippen LogP) is 3.28. The molecule has 3 unspecified atom stereocenters. The quantitative estimate of drug-likeness (QED) is 0.637. The molecule has 5 rings (SSSR count). The molecule has 28 heavy (non-hydrogen) atoms. The molecule has 1 saturated carbocycles. The molecule has 3 fully saturated rings. The first-order chi connectivity index (χ1) is 13.7. The molecule has 3 heterocycles. The first-order valence-electron chi connectivity index (χ1n) is 10.5. The highest BCUT2D eigenvalue weighted by Crippen LogP contribution is 2.44. The lowest BCUT2D eigenvalue weighted by Gasteiger charge is -2.26. The summed E-state index contributed by atoms with van der Waals surface area (Å²) in [7, 11) is 0. The maximum Gasteiger partial charge on any atom is 0.290 e. The summed E-state index contributed by atoms with van der Waals surface area (Å²) in [5, 5.41) is 6.89. The molecular formula is C22H30FN3O2. The van der Waals surface area contributed by atoms with E-state index in [1.54, 1.807) is 12.3 Å². The summed E-state index contributed by atoms with van der Waals surface area (Å²) in [6.45, 7) is 5.44. The van der Waals surface area contributed by atoms with Gasteiger partial charge in [0.15, 0.2) is 11.6 Å². The summed E-state index contributed by atoms with van der Waals surface area (Å²) in [6.07, 6.45) is 11.8. The Morgan fingerprint density at radius 1 is 1.18 bits per heavy atom. The molecule has 1 N–H and O–H groups in total. The average molecular weight is 387 g/mol. The largest absolute Gasteiger partial charge is 0.483 e. The van der Waals surface area contributed by atoms with E-state index in [0.717, 1.165) is 42.7 Å². The topological polar surface area (TPSA) is 56.7 Å². The summed E-state index contributed by atoms with van der Waals surface area (Å²) in [5.41, 5.74) is 0. The van der Waals surface area contributed by atoms with E-state index in [1.807, 2.05) is 0 Å². The van der Waals surface area contributed by atoms with Gasteiger partial charge in [0.05, 0.1) is 0 Å². The molecular weight excluding hydrogens is 357 g/mol. The van der Waals surface area contributed by atoms with Crippen molar-refractivity contribution < 1.29 is 14.3 Å². The summed E-state index contributed by atoms with van der Waals surface area (Å²) in [6, 6.07) is 3.20. The van der Waals surface area contributed by atoms with Gasteiger partial charge in [-0.1, -0.05) is 12.2 Å². The number of nitrogens with zero attached hydrogens (tertiary/aromatic N) is 3. The SMILES string of the molecule is Fc1cccnc1N1CC[C@@H]2CN(CC3CC4C=CC3C4)C[C@@H]2CC1.O=CO. The number of fused-ring (bicyclic) bond motifs is 3. The number of rotatable bonds is 3. The highest BCUT2D eigenvalue weighted by atomic mass is 19.1. The lowest BCUT2D eigenvalue weighted by Crippen LogP contribution is -2.31. The molecule has 0 spiro atoms. The van der Waals surface area contributed by atoms with E-state index in [1.165, 1.54) is 51.4 Å². The number of likely N-dealkylation sites (tertiary alicyclic amines) is 1. The molecule has 5 atom stereocenters. The fourth-order valence-corrected chi connectivity index (χ4v) is 5.85. The van der Waals surface area contributed by atoms with E-state index in [4.69, 9.17) is 9.90 Å². The van der Waals surface area contributed by atoms with Gasteiger partial charge in [-0.05, 0) is 67.4 Å². The maximum atomic E-state index is 14.0. The van der Waals surface area contributed by atoms with Gasteiger partial charge in [0, 0.05) is 38.9 Å². The maximum absolute atomic E-state index is 14.0. The molecule has 2 saturated heterocycles. The molecule has 6 heteroatoms. The van der Waals surface area contributed by atoms with Gasteiger partial charge in [0.1, 0.15) is 0 Å². The van der Waals surface area contributed by atoms with Crippen molar-refractivity contribution in [3.8, 4) is 0 Å². The van der Waals surface area contributed by atoms with E-state index >= 15 is 0 Å². The van der Waals surface area contributed by atoms with Crippen molar-refractivity contribution in [1.29, 1.82) is 0 Å². The van der Waals surface area contributed by atoms with E-state index in [0.29, 0.717) is 5.82 Å². The molecule has 4 aliphatic rings. The Bertz CT molecular complexity index is 697. The van der Waals surface area contributed by atoms with E-state index in [-0.39, 0.29) is 12.3 Å². The Labute approximate surface area is 166 Å².